The molecule has 1 fully saturated rings. The van der Waals surface area contributed by atoms with Gasteiger partial charge in [-0.2, -0.15) is 0 Å². The highest BCUT2D eigenvalue weighted by molar-refractivity contribution is 5.95. The van der Waals surface area contributed by atoms with Crippen molar-refractivity contribution in [2.24, 2.45) is 5.92 Å². The van der Waals surface area contributed by atoms with Crippen LogP contribution >= 0.6 is 0 Å². The first-order valence-electron chi connectivity index (χ1n) is 7.26. The monoisotopic (exact) mass is 295 g/mol. The number of carbonyl (C=O) groups is 1. The second kappa shape index (κ2) is 6.50. The molecule has 0 unspecified atom stereocenters. The largest absolute Gasteiger partial charge is 0.467 e. The summed E-state index contributed by atoms with van der Waals surface area (Å²) in [4.78, 5) is 14.5. The second-order valence-electron chi connectivity index (χ2n) is 5.26. The molecule has 22 heavy (non-hydrogen) atoms. The van der Waals surface area contributed by atoms with Gasteiger partial charge in [-0.1, -0.05) is 12.0 Å². The highest BCUT2D eigenvalue weighted by atomic mass is 16.5. The zero-order valence-corrected chi connectivity index (χ0v) is 12.2. The average molecular weight is 295 g/mol. The van der Waals surface area contributed by atoms with Crippen molar-refractivity contribution in [2.45, 2.75) is 13.0 Å². The van der Waals surface area contributed by atoms with Crippen LogP contribution < -0.4 is 4.90 Å². The van der Waals surface area contributed by atoms with E-state index < -0.39 is 0 Å². The van der Waals surface area contributed by atoms with Gasteiger partial charge in [-0.25, -0.2) is 0 Å². The predicted octanol–water partition coefficient (Wildman–Crippen LogP) is 2.83. The molecule has 4 nitrogen and oxygen atoms in total. The lowest BCUT2D eigenvalue weighted by Crippen LogP contribution is -2.36. The van der Waals surface area contributed by atoms with Crippen molar-refractivity contribution in [2.75, 3.05) is 18.1 Å². The third-order valence-corrected chi connectivity index (χ3v) is 3.76. The summed E-state index contributed by atoms with van der Waals surface area (Å²) < 4.78 is 10.7. The van der Waals surface area contributed by atoms with E-state index in [1.54, 1.807) is 11.2 Å². The normalized spacial score (nSPS) is 17.1. The number of benzene rings is 1. The van der Waals surface area contributed by atoms with Crippen molar-refractivity contribution in [1.29, 1.82) is 0 Å². The summed E-state index contributed by atoms with van der Waals surface area (Å²) >= 11 is 0. The molecular formula is C18H17NO3. The smallest absolute Gasteiger partial charge is 0.232 e. The average Bonchev–Trinajstić information content (AvgIpc) is 3.25. The van der Waals surface area contributed by atoms with Crippen LogP contribution in [0.4, 0.5) is 5.69 Å². The van der Waals surface area contributed by atoms with E-state index in [4.69, 9.17) is 15.6 Å². The number of amides is 1. The van der Waals surface area contributed by atoms with Crippen molar-refractivity contribution in [3.05, 3.63) is 54.0 Å². The summed E-state index contributed by atoms with van der Waals surface area (Å²) in [6.45, 7) is 1.49. The summed E-state index contributed by atoms with van der Waals surface area (Å²) in [7, 11) is 0. The molecule has 1 amide bonds. The van der Waals surface area contributed by atoms with Crippen LogP contribution in [0.2, 0.25) is 0 Å². The molecule has 0 N–H and O–H groups in total. The van der Waals surface area contributed by atoms with Crippen LogP contribution in [0.5, 0.6) is 0 Å². The van der Waals surface area contributed by atoms with Crippen LogP contribution in [0.1, 0.15) is 17.7 Å². The number of carbonyl (C=O) groups excluding carboxylic acids is 1. The lowest BCUT2D eigenvalue weighted by Gasteiger charge is -2.24. The molecule has 1 atom stereocenters. The number of anilines is 1. The third kappa shape index (κ3) is 3.05. The molecular weight excluding hydrogens is 278 g/mol. The fourth-order valence-electron chi connectivity index (χ4n) is 2.57. The number of hydrogen-bond acceptors (Lipinski definition) is 3. The van der Waals surface area contributed by atoms with Gasteiger partial charge in [-0.15, -0.1) is 6.42 Å². The number of ether oxygens (including phenoxy) is 1. The van der Waals surface area contributed by atoms with Gasteiger partial charge >= 0.3 is 0 Å². The molecule has 1 aliphatic rings. The van der Waals surface area contributed by atoms with Crippen LogP contribution in [0.25, 0.3) is 0 Å². The lowest BCUT2D eigenvalue weighted by molar-refractivity contribution is -0.122. The van der Waals surface area contributed by atoms with Crippen molar-refractivity contribution >= 4 is 11.6 Å². The number of terminal acetylenes is 1. The molecule has 1 aromatic heterocycles. The fourth-order valence-corrected chi connectivity index (χ4v) is 2.57. The van der Waals surface area contributed by atoms with Crippen LogP contribution in [0.3, 0.4) is 0 Å². The van der Waals surface area contributed by atoms with E-state index in [0.717, 1.165) is 23.4 Å². The number of hydrogen-bond donors (Lipinski definition) is 0. The molecule has 112 valence electrons. The Kier molecular flexibility index (Phi) is 4.27. The topological polar surface area (TPSA) is 42.7 Å². The van der Waals surface area contributed by atoms with Gasteiger partial charge in [0.15, 0.2) is 0 Å². The summed E-state index contributed by atoms with van der Waals surface area (Å²) in [6, 6.07) is 11.1. The Morgan fingerprint density at radius 1 is 1.36 bits per heavy atom. The lowest BCUT2D eigenvalue weighted by atomic mass is 10.1. The number of rotatable bonds is 4. The molecule has 0 saturated carbocycles. The molecule has 0 spiro atoms. The fraction of sp³-hybridized carbons (Fsp3) is 0.278. The van der Waals surface area contributed by atoms with Crippen molar-refractivity contribution in [1.82, 2.24) is 0 Å². The van der Waals surface area contributed by atoms with Gasteiger partial charge in [-0.3, -0.25) is 4.79 Å². The standard InChI is InChI=1S/C18H17NO3/c1-2-14-5-3-6-16(11-14)19(12-17-7-4-9-22-17)18(20)15-8-10-21-13-15/h1,3-7,9,11,15H,8,10,12-13H2/t15-/m0/s1. The molecule has 1 aromatic carbocycles. The van der Waals surface area contributed by atoms with Crippen LogP contribution in [0, 0.1) is 18.3 Å². The minimum atomic E-state index is -0.107. The Balaban J connectivity index is 1.90. The summed E-state index contributed by atoms with van der Waals surface area (Å²) in [5.74, 6) is 3.28. The van der Waals surface area contributed by atoms with Gasteiger partial charge in [0.25, 0.3) is 0 Å². The summed E-state index contributed by atoms with van der Waals surface area (Å²) in [5.41, 5.74) is 1.53. The predicted molar refractivity (Wildman–Crippen MR) is 83.2 cm³/mol. The maximum atomic E-state index is 12.8. The van der Waals surface area contributed by atoms with Crippen molar-refractivity contribution in [3.8, 4) is 12.3 Å². The number of furan rings is 1. The van der Waals surface area contributed by atoms with Crippen LogP contribution in [-0.4, -0.2) is 19.1 Å². The van der Waals surface area contributed by atoms with Gasteiger partial charge in [-0.05, 0) is 36.8 Å². The van der Waals surface area contributed by atoms with Crippen LogP contribution in [0.15, 0.2) is 47.1 Å². The van der Waals surface area contributed by atoms with Gasteiger partial charge in [0, 0.05) is 17.9 Å². The Morgan fingerprint density at radius 3 is 2.95 bits per heavy atom. The summed E-state index contributed by atoms with van der Waals surface area (Å²) in [6.07, 6.45) is 7.82. The van der Waals surface area contributed by atoms with E-state index in [2.05, 4.69) is 5.92 Å². The van der Waals surface area contributed by atoms with Crippen molar-refractivity contribution < 1.29 is 13.9 Å². The molecule has 0 bridgehead atoms. The van der Waals surface area contributed by atoms with Crippen LogP contribution in [-0.2, 0) is 16.1 Å². The maximum absolute atomic E-state index is 12.8. The van der Waals surface area contributed by atoms with Gasteiger partial charge < -0.3 is 14.1 Å². The Bertz CT molecular complexity index is 679. The van der Waals surface area contributed by atoms with Gasteiger partial charge in [0.2, 0.25) is 5.91 Å². The first-order chi connectivity index (χ1) is 10.8. The molecule has 3 rings (SSSR count). The highest BCUT2D eigenvalue weighted by Gasteiger charge is 2.29. The molecule has 0 aliphatic carbocycles. The van der Waals surface area contributed by atoms with E-state index in [1.165, 1.54) is 0 Å². The zero-order valence-electron chi connectivity index (χ0n) is 12.2. The van der Waals surface area contributed by atoms with E-state index >= 15 is 0 Å². The van der Waals surface area contributed by atoms with E-state index in [0.29, 0.717) is 19.8 Å². The second-order valence-corrected chi connectivity index (χ2v) is 5.26. The van der Waals surface area contributed by atoms with E-state index in [1.807, 2.05) is 36.4 Å². The first kappa shape index (κ1) is 14.4. The molecule has 2 heterocycles. The van der Waals surface area contributed by atoms with Gasteiger partial charge in [0.05, 0.1) is 25.3 Å². The molecule has 0 radical (unpaired) electrons. The molecule has 2 aromatic rings. The minimum absolute atomic E-state index is 0.0445. The van der Waals surface area contributed by atoms with Crippen molar-refractivity contribution in [3.63, 3.8) is 0 Å². The third-order valence-electron chi connectivity index (χ3n) is 3.76. The minimum Gasteiger partial charge on any atom is -0.467 e. The molecule has 1 saturated heterocycles. The zero-order chi connectivity index (χ0) is 15.4. The van der Waals surface area contributed by atoms with E-state index in [9.17, 15) is 4.79 Å². The van der Waals surface area contributed by atoms with Gasteiger partial charge in [0.1, 0.15) is 5.76 Å². The maximum Gasteiger partial charge on any atom is 0.232 e. The molecule has 4 heteroatoms. The Labute approximate surface area is 129 Å². The summed E-state index contributed by atoms with van der Waals surface area (Å²) in [5, 5.41) is 0. The quantitative estimate of drug-likeness (QED) is 0.815. The molecule has 1 aliphatic heterocycles. The first-order valence-corrected chi connectivity index (χ1v) is 7.26. The SMILES string of the molecule is C#Cc1cccc(N(Cc2ccco2)C(=O)[C@H]2CCOC2)c1. The Hall–Kier alpha value is -2.51. The Morgan fingerprint density at radius 2 is 2.27 bits per heavy atom. The number of nitrogens with zero attached hydrogens (tertiary/aromatic N) is 1. The van der Waals surface area contributed by atoms with E-state index in [-0.39, 0.29) is 11.8 Å². The highest BCUT2D eigenvalue weighted by Crippen LogP contribution is 2.24.